The second-order valence-corrected chi connectivity index (χ2v) is 5.36. The minimum absolute atomic E-state index is 0.0906. The van der Waals surface area contributed by atoms with Gasteiger partial charge in [0.2, 0.25) is 5.91 Å². The zero-order valence-corrected chi connectivity index (χ0v) is 8.90. The molecule has 1 atom stereocenters. The summed E-state index contributed by atoms with van der Waals surface area (Å²) in [5.74, 6) is 1.18. The molecule has 0 aromatic heterocycles. The van der Waals surface area contributed by atoms with Gasteiger partial charge in [-0.3, -0.25) is 4.79 Å². The molecule has 2 heterocycles. The maximum atomic E-state index is 11.6. The number of carbonyl (C=O) groups excluding carboxylic acids is 1. The van der Waals surface area contributed by atoms with Crippen molar-refractivity contribution in [3.63, 3.8) is 0 Å². The fourth-order valence-electron chi connectivity index (χ4n) is 1.69. The van der Waals surface area contributed by atoms with Gasteiger partial charge >= 0.3 is 0 Å². The molecule has 0 aromatic rings. The van der Waals surface area contributed by atoms with Crippen molar-refractivity contribution in [2.75, 3.05) is 25.4 Å². The number of amides is 1. The van der Waals surface area contributed by atoms with Crippen molar-refractivity contribution in [3.8, 4) is 0 Å². The molecule has 2 rings (SSSR count). The van der Waals surface area contributed by atoms with Crippen molar-refractivity contribution in [1.29, 1.82) is 0 Å². The summed E-state index contributed by atoms with van der Waals surface area (Å²) in [6.45, 7) is 1.56. The largest absolute Gasteiger partial charge is 0.385 e. The van der Waals surface area contributed by atoms with Gasteiger partial charge in [0.15, 0.2) is 0 Å². The first-order valence-electron chi connectivity index (χ1n) is 5.02. The summed E-state index contributed by atoms with van der Waals surface area (Å²) in [5.41, 5.74) is -0.696. The van der Waals surface area contributed by atoms with Crippen molar-refractivity contribution in [2.45, 2.75) is 23.7 Å². The predicted molar refractivity (Wildman–Crippen MR) is 56.3 cm³/mol. The average molecular weight is 216 g/mol. The Bertz CT molecular complexity index is 225. The zero-order chi connectivity index (χ0) is 10.0. The van der Waals surface area contributed by atoms with E-state index in [1.165, 1.54) is 0 Å². The molecule has 3 N–H and O–H groups in total. The summed E-state index contributed by atoms with van der Waals surface area (Å²) in [5, 5.41) is 15.6. The van der Waals surface area contributed by atoms with E-state index in [9.17, 15) is 9.90 Å². The highest BCUT2D eigenvalue weighted by atomic mass is 32.2. The lowest BCUT2D eigenvalue weighted by atomic mass is 9.97. The zero-order valence-electron chi connectivity index (χ0n) is 8.08. The molecular formula is C9H16N2O2S. The van der Waals surface area contributed by atoms with E-state index in [-0.39, 0.29) is 11.2 Å². The molecule has 2 aliphatic rings. The number of aliphatic hydroxyl groups is 1. The topological polar surface area (TPSA) is 61.4 Å². The van der Waals surface area contributed by atoms with Crippen LogP contribution in [0.25, 0.3) is 0 Å². The van der Waals surface area contributed by atoms with Crippen LogP contribution in [0.4, 0.5) is 0 Å². The fourth-order valence-corrected chi connectivity index (χ4v) is 2.87. The number of hydrogen-bond acceptors (Lipinski definition) is 4. The standard InChI is InChI=1S/C9H16N2O2S/c12-8(7-2-1-3-14-7)11-6-9(13)4-10-5-9/h7,10,13H,1-6H2,(H,11,12). The van der Waals surface area contributed by atoms with Gasteiger partial charge in [0, 0.05) is 19.6 Å². The number of β-amino-alcohol motifs (C(OH)–C–C–N with tert-alkyl or cyclic N) is 1. The fraction of sp³-hybridized carbons (Fsp3) is 0.889. The molecule has 1 unspecified atom stereocenters. The Morgan fingerprint density at radius 3 is 2.93 bits per heavy atom. The smallest absolute Gasteiger partial charge is 0.233 e. The molecule has 0 radical (unpaired) electrons. The Morgan fingerprint density at radius 1 is 1.64 bits per heavy atom. The molecule has 2 fully saturated rings. The van der Waals surface area contributed by atoms with Gasteiger partial charge in [-0.2, -0.15) is 0 Å². The Balaban J connectivity index is 1.71. The number of nitrogens with one attached hydrogen (secondary N) is 2. The van der Waals surface area contributed by atoms with E-state index < -0.39 is 5.60 Å². The van der Waals surface area contributed by atoms with Gasteiger partial charge in [0.05, 0.1) is 5.25 Å². The molecule has 2 aliphatic heterocycles. The van der Waals surface area contributed by atoms with E-state index in [1.807, 2.05) is 0 Å². The SMILES string of the molecule is O=C(NCC1(O)CNC1)C1CCCS1. The quantitative estimate of drug-likeness (QED) is 0.586. The highest BCUT2D eigenvalue weighted by molar-refractivity contribution is 8.00. The van der Waals surface area contributed by atoms with Gasteiger partial charge in [-0.25, -0.2) is 0 Å². The number of rotatable bonds is 3. The van der Waals surface area contributed by atoms with Crippen molar-refractivity contribution in [3.05, 3.63) is 0 Å². The van der Waals surface area contributed by atoms with Crippen LogP contribution in [0.2, 0.25) is 0 Å². The lowest BCUT2D eigenvalue weighted by molar-refractivity contribution is -0.122. The maximum Gasteiger partial charge on any atom is 0.233 e. The number of hydrogen-bond donors (Lipinski definition) is 3. The van der Waals surface area contributed by atoms with Gasteiger partial charge in [-0.1, -0.05) is 0 Å². The van der Waals surface area contributed by atoms with Gasteiger partial charge in [0.25, 0.3) is 0 Å². The number of thioether (sulfide) groups is 1. The first-order valence-corrected chi connectivity index (χ1v) is 6.07. The normalized spacial score (nSPS) is 29.6. The Morgan fingerprint density at radius 2 is 2.43 bits per heavy atom. The molecule has 0 bridgehead atoms. The van der Waals surface area contributed by atoms with Crippen LogP contribution in [-0.4, -0.2) is 47.3 Å². The minimum Gasteiger partial charge on any atom is -0.385 e. The van der Waals surface area contributed by atoms with Crippen LogP contribution in [0.3, 0.4) is 0 Å². The van der Waals surface area contributed by atoms with E-state index in [2.05, 4.69) is 10.6 Å². The maximum absolute atomic E-state index is 11.6. The van der Waals surface area contributed by atoms with Crippen LogP contribution in [0, 0.1) is 0 Å². The summed E-state index contributed by atoms with van der Waals surface area (Å²) in [6, 6.07) is 0. The van der Waals surface area contributed by atoms with Crippen molar-refractivity contribution >= 4 is 17.7 Å². The third kappa shape index (κ3) is 2.21. The monoisotopic (exact) mass is 216 g/mol. The predicted octanol–water partition coefficient (Wildman–Crippen LogP) is -0.667. The van der Waals surface area contributed by atoms with E-state index in [1.54, 1.807) is 11.8 Å². The highest BCUT2D eigenvalue weighted by Crippen LogP contribution is 2.26. The molecule has 1 amide bonds. The second kappa shape index (κ2) is 4.08. The summed E-state index contributed by atoms with van der Waals surface area (Å²) in [6.07, 6.45) is 2.11. The summed E-state index contributed by atoms with van der Waals surface area (Å²) >= 11 is 1.72. The summed E-state index contributed by atoms with van der Waals surface area (Å²) in [4.78, 5) is 11.6. The molecule has 14 heavy (non-hydrogen) atoms. The molecule has 4 nitrogen and oxygen atoms in total. The van der Waals surface area contributed by atoms with Crippen LogP contribution in [0.15, 0.2) is 0 Å². The van der Waals surface area contributed by atoms with Crippen LogP contribution in [0.1, 0.15) is 12.8 Å². The van der Waals surface area contributed by atoms with Crippen LogP contribution >= 0.6 is 11.8 Å². The molecule has 5 heteroatoms. The Hall–Kier alpha value is -0.260. The van der Waals surface area contributed by atoms with E-state index in [0.29, 0.717) is 19.6 Å². The van der Waals surface area contributed by atoms with E-state index in [0.717, 1.165) is 18.6 Å². The molecule has 0 aliphatic carbocycles. The summed E-state index contributed by atoms with van der Waals surface area (Å²) in [7, 11) is 0. The van der Waals surface area contributed by atoms with Crippen molar-refractivity contribution < 1.29 is 9.90 Å². The third-order valence-corrected chi connectivity index (χ3v) is 4.10. The Labute approximate surface area is 87.8 Å². The van der Waals surface area contributed by atoms with Crippen molar-refractivity contribution in [1.82, 2.24) is 10.6 Å². The lowest BCUT2D eigenvalue weighted by Gasteiger charge is -2.37. The number of carbonyl (C=O) groups is 1. The lowest BCUT2D eigenvalue weighted by Crippen LogP contribution is -2.64. The molecular weight excluding hydrogens is 200 g/mol. The first kappa shape index (κ1) is 10.3. The molecule has 0 spiro atoms. The van der Waals surface area contributed by atoms with Gasteiger partial charge < -0.3 is 15.7 Å². The molecule has 0 aromatic carbocycles. The first-order chi connectivity index (χ1) is 6.70. The Kier molecular flexibility index (Phi) is 2.99. The van der Waals surface area contributed by atoms with E-state index >= 15 is 0 Å². The van der Waals surface area contributed by atoms with Gasteiger partial charge in [-0.05, 0) is 18.6 Å². The van der Waals surface area contributed by atoms with Gasteiger partial charge in [0.1, 0.15) is 5.60 Å². The van der Waals surface area contributed by atoms with Gasteiger partial charge in [-0.15, -0.1) is 11.8 Å². The van der Waals surface area contributed by atoms with Crippen LogP contribution in [0.5, 0.6) is 0 Å². The van der Waals surface area contributed by atoms with E-state index in [4.69, 9.17) is 0 Å². The average Bonchev–Trinajstić information content (AvgIpc) is 2.63. The van der Waals surface area contributed by atoms with Crippen LogP contribution < -0.4 is 10.6 Å². The highest BCUT2D eigenvalue weighted by Gasteiger charge is 2.35. The van der Waals surface area contributed by atoms with Crippen molar-refractivity contribution in [2.24, 2.45) is 0 Å². The molecule has 2 saturated heterocycles. The minimum atomic E-state index is -0.696. The third-order valence-electron chi connectivity index (χ3n) is 2.72. The molecule has 0 saturated carbocycles. The molecule has 80 valence electrons. The summed E-state index contributed by atoms with van der Waals surface area (Å²) < 4.78 is 0. The van der Waals surface area contributed by atoms with Crippen LogP contribution in [-0.2, 0) is 4.79 Å². The second-order valence-electron chi connectivity index (χ2n) is 4.05.